The van der Waals surface area contributed by atoms with Crippen LogP contribution in [-0.2, 0) is 4.79 Å². The summed E-state index contributed by atoms with van der Waals surface area (Å²) < 4.78 is 5.11. The van der Waals surface area contributed by atoms with E-state index in [1.807, 2.05) is 6.92 Å². The van der Waals surface area contributed by atoms with Crippen molar-refractivity contribution in [2.45, 2.75) is 6.92 Å². The predicted molar refractivity (Wildman–Crippen MR) is 64.5 cm³/mol. The molecule has 0 aliphatic rings. The van der Waals surface area contributed by atoms with Crippen LogP contribution in [0.5, 0.6) is 5.75 Å². The van der Waals surface area contributed by atoms with Crippen LogP contribution in [0.15, 0.2) is 18.2 Å². The van der Waals surface area contributed by atoms with Crippen molar-refractivity contribution in [1.29, 1.82) is 0 Å². The van der Waals surface area contributed by atoms with E-state index in [0.29, 0.717) is 18.0 Å². The van der Waals surface area contributed by atoms with Gasteiger partial charge in [-0.15, -0.1) is 0 Å². The van der Waals surface area contributed by atoms with E-state index in [9.17, 15) is 4.79 Å². The average Bonchev–Trinajstić information content (AvgIpc) is 2.26. The molecule has 0 unspecified atom stereocenters. The molecule has 1 aromatic carbocycles. The van der Waals surface area contributed by atoms with E-state index < -0.39 is 0 Å². The summed E-state index contributed by atoms with van der Waals surface area (Å²) in [5.74, 6) is 0.316. The van der Waals surface area contributed by atoms with Crippen molar-refractivity contribution < 1.29 is 9.53 Å². The monoisotopic (exact) mass is 223 g/mol. The van der Waals surface area contributed by atoms with Crippen LogP contribution in [0.1, 0.15) is 6.92 Å². The minimum atomic E-state index is -0.385. The number of primary amides is 1. The topological polar surface area (TPSA) is 81.6 Å². The van der Waals surface area contributed by atoms with E-state index in [-0.39, 0.29) is 12.5 Å². The number of amides is 1. The Morgan fingerprint density at radius 2 is 2.19 bits per heavy atom. The maximum atomic E-state index is 10.9. The predicted octanol–water partition coefficient (Wildman–Crippen LogP) is 0.589. The Morgan fingerprint density at radius 3 is 2.69 bits per heavy atom. The first-order valence-corrected chi connectivity index (χ1v) is 5.05. The minimum absolute atomic E-state index is 0.147. The Morgan fingerprint density at radius 1 is 1.50 bits per heavy atom. The summed E-state index contributed by atoms with van der Waals surface area (Å²) >= 11 is 0. The molecule has 0 saturated carbocycles. The molecule has 0 aliphatic carbocycles. The van der Waals surface area contributed by atoms with E-state index in [4.69, 9.17) is 16.2 Å². The van der Waals surface area contributed by atoms with Gasteiger partial charge in [0.25, 0.3) is 0 Å². The molecule has 0 atom stereocenters. The van der Waals surface area contributed by atoms with Gasteiger partial charge in [0.2, 0.25) is 5.91 Å². The molecular weight excluding hydrogens is 206 g/mol. The quantitative estimate of drug-likeness (QED) is 0.716. The lowest BCUT2D eigenvalue weighted by Gasteiger charge is -2.23. The van der Waals surface area contributed by atoms with Crippen molar-refractivity contribution in [2.75, 3.05) is 30.8 Å². The maximum Gasteiger partial charge on any atom is 0.236 e. The van der Waals surface area contributed by atoms with Gasteiger partial charge in [0.1, 0.15) is 5.75 Å². The molecule has 0 fully saturated rings. The van der Waals surface area contributed by atoms with Crippen LogP contribution in [-0.4, -0.2) is 26.1 Å². The SMILES string of the molecule is CCN(CC(N)=O)c1cc(OC)ccc1N. The zero-order chi connectivity index (χ0) is 12.1. The average molecular weight is 223 g/mol. The number of likely N-dealkylation sites (N-methyl/N-ethyl adjacent to an activating group) is 1. The van der Waals surface area contributed by atoms with Gasteiger partial charge in [-0.1, -0.05) is 0 Å². The first-order chi connectivity index (χ1) is 7.58. The molecule has 0 heterocycles. The number of carbonyl (C=O) groups excluding carboxylic acids is 1. The van der Waals surface area contributed by atoms with Crippen molar-refractivity contribution in [2.24, 2.45) is 5.73 Å². The molecule has 0 saturated heterocycles. The smallest absolute Gasteiger partial charge is 0.236 e. The number of anilines is 2. The summed E-state index contributed by atoms with van der Waals surface area (Å²) in [6.07, 6.45) is 0. The van der Waals surface area contributed by atoms with Crippen molar-refractivity contribution in [3.63, 3.8) is 0 Å². The van der Waals surface area contributed by atoms with Crippen molar-refractivity contribution in [1.82, 2.24) is 0 Å². The highest BCUT2D eigenvalue weighted by Crippen LogP contribution is 2.27. The number of hydrogen-bond donors (Lipinski definition) is 2. The first-order valence-electron chi connectivity index (χ1n) is 5.05. The molecule has 0 radical (unpaired) electrons. The van der Waals surface area contributed by atoms with Gasteiger partial charge in [-0.3, -0.25) is 4.79 Å². The van der Waals surface area contributed by atoms with Crippen LogP contribution in [0, 0.1) is 0 Å². The largest absolute Gasteiger partial charge is 0.497 e. The molecular formula is C11H17N3O2. The van der Waals surface area contributed by atoms with Gasteiger partial charge in [0.05, 0.1) is 25.0 Å². The standard InChI is InChI=1S/C11H17N3O2/c1-3-14(7-11(13)15)10-6-8(16-2)4-5-9(10)12/h4-6H,3,7,12H2,1-2H3,(H2,13,15). The lowest BCUT2D eigenvalue weighted by atomic mass is 10.2. The Hall–Kier alpha value is -1.91. The Balaban J connectivity index is 3.02. The summed E-state index contributed by atoms with van der Waals surface area (Å²) in [5.41, 5.74) is 12.4. The number of nitrogens with zero attached hydrogens (tertiary/aromatic N) is 1. The molecule has 5 nitrogen and oxygen atoms in total. The molecule has 0 spiro atoms. The Kier molecular flexibility index (Phi) is 3.99. The van der Waals surface area contributed by atoms with Gasteiger partial charge < -0.3 is 21.1 Å². The molecule has 4 N–H and O–H groups in total. The zero-order valence-corrected chi connectivity index (χ0v) is 9.56. The third-order valence-corrected chi connectivity index (χ3v) is 2.31. The molecule has 1 amide bonds. The number of nitrogen functional groups attached to an aromatic ring is 1. The van der Waals surface area contributed by atoms with Crippen molar-refractivity contribution in [3.05, 3.63) is 18.2 Å². The number of carbonyl (C=O) groups is 1. The maximum absolute atomic E-state index is 10.9. The fourth-order valence-corrected chi connectivity index (χ4v) is 1.48. The molecule has 1 aromatic rings. The van der Waals surface area contributed by atoms with Crippen molar-refractivity contribution >= 4 is 17.3 Å². The lowest BCUT2D eigenvalue weighted by molar-refractivity contribution is -0.116. The van der Waals surface area contributed by atoms with Crippen LogP contribution in [0.25, 0.3) is 0 Å². The molecule has 1 rings (SSSR count). The molecule has 16 heavy (non-hydrogen) atoms. The summed E-state index contributed by atoms with van der Waals surface area (Å²) in [6.45, 7) is 2.73. The van der Waals surface area contributed by atoms with E-state index in [2.05, 4.69) is 0 Å². The third kappa shape index (κ3) is 2.79. The number of ether oxygens (including phenoxy) is 1. The van der Waals surface area contributed by atoms with E-state index >= 15 is 0 Å². The number of benzene rings is 1. The van der Waals surface area contributed by atoms with Gasteiger partial charge in [0, 0.05) is 12.6 Å². The summed E-state index contributed by atoms with van der Waals surface area (Å²) in [5, 5.41) is 0. The van der Waals surface area contributed by atoms with Gasteiger partial charge >= 0.3 is 0 Å². The molecule has 0 aliphatic heterocycles. The fourth-order valence-electron chi connectivity index (χ4n) is 1.48. The lowest BCUT2D eigenvalue weighted by Crippen LogP contribution is -2.34. The minimum Gasteiger partial charge on any atom is -0.497 e. The van der Waals surface area contributed by atoms with Gasteiger partial charge in [-0.25, -0.2) is 0 Å². The Bertz CT molecular complexity index is 379. The molecule has 0 bridgehead atoms. The molecule has 0 aromatic heterocycles. The number of nitrogens with two attached hydrogens (primary N) is 2. The van der Waals surface area contributed by atoms with Gasteiger partial charge in [-0.05, 0) is 19.1 Å². The van der Waals surface area contributed by atoms with Crippen LogP contribution in [0.3, 0.4) is 0 Å². The number of rotatable bonds is 5. The highest BCUT2D eigenvalue weighted by Gasteiger charge is 2.11. The van der Waals surface area contributed by atoms with Gasteiger partial charge in [-0.2, -0.15) is 0 Å². The van der Waals surface area contributed by atoms with E-state index in [0.717, 1.165) is 5.69 Å². The second-order valence-corrected chi connectivity index (χ2v) is 3.41. The number of methoxy groups -OCH3 is 1. The van der Waals surface area contributed by atoms with Gasteiger partial charge in [0.15, 0.2) is 0 Å². The van der Waals surface area contributed by atoms with E-state index in [1.165, 1.54) is 0 Å². The fraction of sp³-hybridized carbons (Fsp3) is 0.364. The van der Waals surface area contributed by atoms with Crippen LogP contribution >= 0.6 is 0 Å². The zero-order valence-electron chi connectivity index (χ0n) is 9.56. The molecule has 88 valence electrons. The second-order valence-electron chi connectivity index (χ2n) is 3.41. The number of hydrogen-bond acceptors (Lipinski definition) is 4. The van der Waals surface area contributed by atoms with Crippen LogP contribution in [0.4, 0.5) is 11.4 Å². The van der Waals surface area contributed by atoms with Crippen LogP contribution in [0.2, 0.25) is 0 Å². The van der Waals surface area contributed by atoms with E-state index in [1.54, 1.807) is 30.2 Å². The normalized spacial score (nSPS) is 9.88. The summed E-state index contributed by atoms with van der Waals surface area (Å²) in [6, 6.07) is 5.32. The summed E-state index contributed by atoms with van der Waals surface area (Å²) in [4.78, 5) is 12.7. The Labute approximate surface area is 95.0 Å². The highest BCUT2D eigenvalue weighted by molar-refractivity contribution is 5.82. The van der Waals surface area contributed by atoms with Crippen LogP contribution < -0.4 is 21.1 Å². The molecule has 5 heteroatoms. The van der Waals surface area contributed by atoms with Crippen molar-refractivity contribution in [3.8, 4) is 5.75 Å². The third-order valence-electron chi connectivity index (χ3n) is 2.31. The second kappa shape index (κ2) is 5.25. The highest BCUT2D eigenvalue weighted by atomic mass is 16.5. The summed E-state index contributed by atoms with van der Waals surface area (Å²) in [7, 11) is 1.58. The first kappa shape index (κ1) is 12.2.